The smallest absolute Gasteiger partial charge is 0.289 e. The highest BCUT2D eigenvalue weighted by Crippen LogP contribution is 2.27. The van der Waals surface area contributed by atoms with Crippen LogP contribution in [0.2, 0.25) is 0 Å². The summed E-state index contributed by atoms with van der Waals surface area (Å²) in [4.78, 5) is 27.5. The third-order valence-corrected chi connectivity index (χ3v) is 5.46. The Morgan fingerprint density at radius 2 is 2.23 bits per heavy atom. The first kappa shape index (κ1) is 19.2. The van der Waals surface area contributed by atoms with E-state index in [-0.39, 0.29) is 11.8 Å². The Hall–Kier alpha value is -3.75. The molecule has 1 aromatic carbocycles. The summed E-state index contributed by atoms with van der Waals surface area (Å²) in [5, 5.41) is 4.84. The summed E-state index contributed by atoms with van der Waals surface area (Å²) in [6.45, 7) is 1.31. The molecule has 4 heterocycles. The summed E-state index contributed by atoms with van der Waals surface area (Å²) >= 11 is 0. The summed E-state index contributed by atoms with van der Waals surface area (Å²) in [6.07, 6.45) is 7.28. The Morgan fingerprint density at radius 3 is 3.06 bits per heavy atom. The van der Waals surface area contributed by atoms with Crippen molar-refractivity contribution in [2.45, 2.75) is 19.3 Å². The van der Waals surface area contributed by atoms with E-state index in [9.17, 15) is 4.79 Å². The summed E-state index contributed by atoms with van der Waals surface area (Å²) in [5.41, 5.74) is 1.24. The Labute approximate surface area is 178 Å². The number of nitrogens with zero attached hydrogens (tertiary/aromatic N) is 5. The number of carbonyl (C=O) groups excluding carboxylic acids is 1. The predicted octanol–water partition coefficient (Wildman–Crippen LogP) is 3.38. The second-order valence-corrected chi connectivity index (χ2v) is 7.58. The normalized spacial score (nSPS) is 16.5. The minimum Gasteiger partial charge on any atom is -0.497 e. The lowest BCUT2D eigenvalue weighted by molar-refractivity contribution is 0.0638. The Bertz CT molecular complexity index is 1200. The number of hydrogen-bond donors (Lipinski definition) is 0. The number of benzene rings is 1. The molecule has 0 radical (unpaired) electrons. The van der Waals surface area contributed by atoms with Gasteiger partial charge in [-0.1, -0.05) is 5.16 Å². The molecular formula is C22H21N5O4. The maximum atomic E-state index is 13.0. The van der Waals surface area contributed by atoms with Gasteiger partial charge in [0.1, 0.15) is 17.0 Å². The van der Waals surface area contributed by atoms with Crippen LogP contribution in [0, 0.1) is 5.92 Å². The van der Waals surface area contributed by atoms with E-state index in [0.29, 0.717) is 48.3 Å². The molecule has 1 aliphatic heterocycles. The summed E-state index contributed by atoms with van der Waals surface area (Å²) < 4.78 is 16.4. The Balaban J connectivity index is 1.27. The summed E-state index contributed by atoms with van der Waals surface area (Å²) in [7, 11) is 1.61. The van der Waals surface area contributed by atoms with Gasteiger partial charge in [-0.15, -0.1) is 0 Å². The van der Waals surface area contributed by atoms with Crippen LogP contribution in [0.3, 0.4) is 0 Å². The van der Waals surface area contributed by atoms with Crippen LogP contribution in [-0.4, -0.2) is 51.1 Å². The van der Waals surface area contributed by atoms with Gasteiger partial charge in [0.2, 0.25) is 11.7 Å². The second kappa shape index (κ2) is 8.17. The third-order valence-electron chi connectivity index (χ3n) is 5.46. The van der Waals surface area contributed by atoms with Gasteiger partial charge in [0.25, 0.3) is 5.91 Å². The average molecular weight is 419 g/mol. The first-order valence-corrected chi connectivity index (χ1v) is 10.2. The van der Waals surface area contributed by atoms with E-state index in [1.165, 1.54) is 0 Å². The van der Waals surface area contributed by atoms with E-state index >= 15 is 0 Å². The van der Waals surface area contributed by atoms with Crippen LogP contribution in [0.4, 0.5) is 0 Å². The molecule has 0 aliphatic carbocycles. The number of rotatable bonds is 5. The van der Waals surface area contributed by atoms with Gasteiger partial charge in [-0.2, -0.15) is 4.98 Å². The van der Waals surface area contributed by atoms with Crippen molar-refractivity contribution >= 4 is 16.9 Å². The standard InChI is InChI=1S/C22H21N5O4/c1-29-16-4-5-18-15(10-16)11-19(30-18)22(28)27-8-2-3-14(13-27)9-20-25-21(26-31-20)17-12-23-6-7-24-17/h4-7,10-12,14H,2-3,8-9,13H2,1H3. The number of piperidine rings is 1. The number of fused-ring (bicyclic) bond motifs is 1. The largest absolute Gasteiger partial charge is 0.497 e. The van der Waals surface area contributed by atoms with Crippen LogP contribution < -0.4 is 4.74 Å². The molecule has 5 rings (SSSR count). The summed E-state index contributed by atoms with van der Waals surface area (Å²) in [5.74, 6) is 2.15. The van der Waals surface area contributed by atoms with Crippen molar-refractivity contribution in [3.05, 3.63) is 54.5 Å². The van der Waals surface area contributed by atoms with E-state index in [0.717, 1.165) is 24.0 Å². The number of hydrogen-bond acceptors (Lipinski definition) is 8. The molecule has 1 amide bonds. The fraction of sp³-hybridized carbons (Fsp3) is 0.318. The zero-order valence-corrected chi connectivity index (χ0v) is 17.0. The lowest BCUT2D eigenvalue weighted by Gasteiger charge is -2.31. The zero-order valence-electron chi connectivity index (χ0n) is 17.0. The van der Waals surface area contributed by atoms with Gasteiger partial charge < -0.3 is 18.6 Å². The van der Waals surface area contributed by atoms with Crippen molar-refractivity contribution in [1.29, 1.82) is 0 Å². The molecule has 1 fully saturated rings. The molecule has 1 aliphatic rings. The van der Waals surface area contributed by atoms with Crippen LogP contribution in [0.5, 0.6) is 5.75 Å². The number of likely N-dealkylation sites (tertiary alicyclic amines) is 1. The predicted molar refractivity (Wildman–Crippen MR) is 110 cm³/mol. The van der Waals surface area contributed by atoms with E-state index in [2.05, 4.69) is 20.1 Å². The molecule has 0 spiro atoms. The van der Waals surface area contributed by atoms with E-state index < -0.39 is 0 Å². The average Bonchev–Trinajstić information content (AvgIpc) is 3.46. The highest BCUT2D eigenvalue weighted by molar-refractivity contribution is 5.96. The first-order valence-electron chi connectivity index (χ1n) is 10.2. The number of ether oxygens (including phenoxy) is 1. The van der Waals surface area contributed by atoms with Crippen LogP contribution in [-0.2, 0) is 6.42 Å². The number of methoxy groups -OCH3 is 1. The second-order valence-electron chi connectivity index (χ2n) is 7.58. The molecule has 4 aromatic rings. The van der Waals surface area contributed by atoms with Gasteiger partial charge in [0.05, 0.1) is 13.3 Å². The van der Waals surface area contributed by atoms with Crippen LogP contribution in [0.25, 0.3) is 22.5 Å². The van der Waals surface area contributed by atoms with Gasteiger partial charge in [-0.05, 0) is 43.0 Å². The lowest BCUT2D eigenvalue weighted by atomic mass is 9.94. The zero-order chi connectivity index (χ0) is 21.2. The monoisotopic (exact) mass is 419 g/mol. The van der Waals surface area contributed by atoms with E-state index in [1.807, 2.05) is 23.1 Å². The van der Waals surface area contributed by atoms with Crippen LogP contribution in [0.1, 0.15) is 29.3 Å². The number of amides is 1. The lowest BCUT2D eigenvalue weighted by Crippen LogP contribution is -2.40. The minimum atomic E-state index is -0.106. The Kier molecular flexibility index (Phi) is 5.07. The van der Waals surface area contributed by atoms with Crippen molar-refractivity contribution < 1.29 is 18.5 Å². The van der Waals surface area contributed by atoms with E-state index in [1.54, 1.807) is 31.8 Å². The molecule has 9 heteroatoms. The SMILES string of the molecule is COc1ccc2oc(C(=O)N3CCCC(Cc4nc(-c5cnccn5)no4)C3)cc2c1. The molecule has 158 valence electrons. The maximum absolute atomic E-state index is 13.0. The first-order chi connectivity index (χ1) is 15.2. The third kappa shape index (κ3) is 3.98. The highest BCUT2D eigenvalue weighted by Gasteiger charge is 2.28. The molecule has 1 unspecified atom stereocenters. The van der Waals surface area contributed by atoms with Crippen LogP contribution >= 0.6 is 0 Å². The van der Waals surface area contributed by atoms with Crippen LogP contribution in [0.15, 0.2) is 51.8 Å². The Morgan fingerprint density at radius 1 is 1.29 bits per heavy atom. The van der Waals surface area contributed by atoms with Gasteiger partial charge in [-0.3, -0.25) is 9.78 Å². The van der Waals surface area contributed by atoms with Gasteiger partial charge in [-0.25, -0.2) is 4.98 Å². The van der Waals surface area contributed by atoms with Crippen molar-refractivity contribution in [3.8, 4) is 17.3 Å². The number of furan rings is 1. The molecule has 3 aromatic heterocycles. The van der Waals surface area contributed by atoms with Crippen molar-refractivity contribution in [2.75, 3.05) is 20.2 Å². The fourth-order valence-electron chi connectivity index (χ4n) is 3.93. The molecule has 0 saturated carbocycles. The molecular weight excluding hydrogens is 398 g/mol. The number of carbonyl (C=O) groups is 1. The van der Waals surface area contributed by atoms with E-state index in [4.69, 9.17) is 13.7 Å². The molecule has 9 nitrogen and oxygen atoms in total. The van der Waals surface area contributed by atoms with Crippen molar-refractivity contribution in [2.24, 2.45) is 5.92 Å². The van der Waals surface area contributed by atoms with Gasteiger partial charge in [0.15, 0.2) is 5.76 Å². The minimum absolute atomic E-state index is 0.106. The fourth-order valence-corrected chi connectivity index (χ4v) is 3.93. The van der Waals surface area contributed by atoms with Crippen molar-refractivity contribution in [3.63, 3.8) is 0 Å². The molecule has 0 N–H and O–H groups in total. The molecule has 31 heavy (non-hydrogen) atoms. The topological polar surface area (TPSA) is 107 Å². The van der Waals surface area contributed by atoms with Gasteiger partial charge in [0, 0.05) is 37.3 Å². The number of aromatic nitrogens is 4. The van der Waals surface area contributed by atoms with Crippen molar-refractivity contribution in [1.82, 2.24) is 25.0 Å². The molecule has 1 saturated heterocycles. The highest BCUT2D eigenvalue weighted by atomic mass is 16.5. The molecule has 0 bridgehead atoms. The molecule has 1 atom stereocenters. The quantitative estimate of drug-likeness (QED) is 0.484. The maximum Gasteiger partial charge on any atom is 0.289 e. The van der Waals surface area contributed by atoms with Gasteiger partial charge >= 0.3 is 0 Å². The summed E-state index contributed by atoms with van der Waals surface area (Å²) in [6, 6.07) is 7.26.